The zero-order valence-corrected chi connectivity index (χ0v) is 27.5. The summed E-state index contributed by atoms with van der Waals surface area (Å²) in [5.74, 6) is -0.152. The molecule has 9 heteroatoms. The van der Waals surface area contributed by atoms with Gasteiger partial charge in [-0.1, -0.05) is 78.3 Å². The second-order valence-electron chi connectivity index (χ2n) is 11.3. The first-order valence-corrected chi connectivity index (χ1v) is 16.9. The molecule has 1 N–H and O–H groups in total. The van der Waals surface area contributed by atoms with E-state index < -0.39 is 16.1 Å². The van der Waals surface area contributed by atoms with Crippen LogP contribution in [0.15, 0.2) is 77.3 Å². The standard InChI is InChI=1S/C33H42BrN3O4S/c1-24(2)22-35-33(39)31(21-27-11-7-6-8-12-27)36(23-28-13-9-14-29(34)20-28)32(38)15-10-16-37(42(5,40)41)30-18-25(3)17-26(4)19-30/h6-9,11-14,17-20,24,31H,10,15-16,21-23H2,1-5H3,(H,35,39). The van der Waals surface area contributed by atoms with Gasteiger partial charge in [0.2, 0.25) is 21.8 Å². The van der Waals surface area contributed by atoms with E-state index in [9.17, 15) is 18.0 Å². The fourth-order valence-corrected chi connectivity index (χ4v) is 6.30. The second kappa shape index (κ2) is 15.3. The maximum absolute atomic E-state index is 13.9. The van der Waals surface area contributed by atoms with E-state index in [2.05, 4.69) is 21.2 Å². The first-order chi connectivity index (χ1) is 19.8. The highest BCUT2D eigenvalue weighted by Gasteiger charge is 2.30. The zero-order valence-electron chi connectivity index (χ0n) is 25.1. The lowest BCUT2D eigenvalue weighted by Gasteiger charge is -2.32. The number of carbonyl (C=O) groups is 2. The van der Waals surface area contributed by atoms with Gasteiger partial charge in [-0.25, -0.2) is 8.42 Å². The highest BCUT2D eigenvalue weighted by Crippen LogP contribution is 2.23. The summed E-state index contributed by atoms with van der Waals surface area (Å²) in [6.45, 7) is 8.82. The molecule has 7 nitrogen and oxygen atoms in total. The molecule has 0 heterocycles. The number of carbonyl (C=O) groups excluding carboxylic acids is 2. The molecule has 3 rings (SSSR count). The molecule has 0 fully saturated rings. The Morgan fingerprint density at radius 2 is 1.55 bits per heavy atom. The minimum atomic E-state index is -3.57. The highest BCUT2D eigenvalue weighted by atomic mass is 79.9. The fraction of sp³-hybridized carbons (Fsp3) is 0.394. The van der Waals surface area contributed by atoms with Crippen molar-refractivity contribution in [2.75, 3.05) is 23.7 Å². The van der Waals surface area contributed by atoms with Crippen molar-refractivity contribution in [2.45, 2.75) is 59.5 Å². The minimum Gasteiger partial charge on any atom is -0.354 e. The molecule has 0 spiro atoms. The van der Waals surface area contributed by atoms with E-state index in [1.165, 1.54) is 10.6 Å². The lowest BCUT2D eigenvalue weighted by Crippen LogP contribution is -2.51. The fourth-order valence-electron chi connectivity index (χ4n) is 4.91. The van der Waals surface area contributed by atoms with Crippen LogP contribution in [0.4, 0.5) is 5.69 Å². The molecule has 1 unspecified atom stereocenters. The van der Waals surface area contributed by atoms with Gasteiger partial charge in [-0.05, 0) is 72.7 Å². The Hall–Kier alpha value is -3.17. The Labute approximate surface area is 259 Å². The molecule has 42 heavy (non-hydrogen) atoms. The molecule has 1 atom stereocenters. The molecule has 0 aliphatic heterocycles. The number of aryl methyl sites for hydroxylation is 2. The van der Waals surface area contributed by atoms with Crippen molar-refractivity contribution in [2.24, 2.45) is 5.92 Å². The van der Waals surface area contributed by atoms with Crippen molar-refractivity contribution in [1.29, 1.82) is 0 Å². The Bertz CT molecular complexity index is 1440. The number of nitrogens with one attached hydrogen (secondary N) is 1. The molecule has 0 aliphatic carbocycles. The maximum Gasteiger partial charge on any atom is 0.243 e. The average Bonchev–Trinajstić information content (AvgIpc) is 2.91. The molecule has 2 amide bonds. The molecule has 0 aliphatic rings. The van der Waals surface area contributed by atoms with Gasteiger partial charge in [-0.2, -0.15) is 0 Å². The van der Waals surface area contributed by atoms with Crippen LogP contribution >= 0.6 is 15.9 Å². The molecule has 0 radical (unpaired) electrons. The molecular weight excluding hydrogens is 614 g/mol. The second-order valence-corrected chi connectivity index (χ2v) is 14.1. The van der Waals surface area contributed by atoms with Gasteiger partial charge in [0.25, 0.3) is 0 Å². The van der Waals surface area contributed by atoms with E-state index >= 15 is 0 Å². The van der Waals surface area contributed by atoms with Crippen LogP contribution in [0.25, 0.3) is 0 Å². The topological polar surface area (TPSA) is 86.8 Å². The van der Waals surface area contributed by atoms with Crippen LogP contribution in [0.5, 0.6) is 0 Å². The van der Waals surface area contributed by atoms with Crippen molar-refractivity contribution in [1.82, 2.24) is 10.2 Å². The van der Waals surface area contributed by atoms with E-state index in [1.807, 2.05) is 100 Å². The van der Waals surface area contributed by atoms with Gasteiger partial charge in [0.1, 0.15) is 6.04 Å². The van der Waals surface area contributed by atoms with Gasteiger partial charge < -0.3 is 10.2 Å². The van der Waals surface area contributed by atoms with Crippen molar-refractivity contribution < 1.29 is 18.0 Å². The first-order valence-electron chi connectivity index (χ1n) is 14.2. The van der Waals surface area contributed by atoms with Crippen molar-refractivity contribution >= 4 is 43.5 Å². The SMILES string of the molecule is Cc1cc(C)cc(N(CCCC(=O)N(Cc2cccc(Br)c2)C(Cc2ccccc2)C(=O)NCC(C)C)S(C)(=O)=O)c1. The summed E-state index contributed by atoms with van der Waals surface area (Å²) in [4.78, 5) is 29.2. The largest absolute Gasteiger partial charge is 0.354 e. The van der Waals surface area contributed by atoms with Gasteiger partial charge in [-0.15, -0.1) is 0 Å². The van der Waals surface area contributed by atoms with Crippen LogP contribution in [0, 0.1) is 19.8 Å². The van der Waals surface area contributed by atoms with E-state index in [0.29, 0.717) is 25.1 Å². The summed E-state index contributed by atoms with van der Waals surface area (Å²) in [6, 6.07) is 22.3. The Balaban J connectivity index is 1.89. The van der Waals surface area contributed by atoms with E-state index in [-0.39, 0.29) is 37.2 Å². The Kier molecular flexibility index (Phi) is 12.2. The third-order valence-electron chi connectivity index (χ3n) is 6.84. The monoisotopic (exact) mass is 655 g/mol. The van der Waals surface area contributed by atoms with Crippen LogP contribution in [0.1, 0.15) is 48.9 Å². The third-order valence-corrected chi connectivity index (χ3v) is 8.53. The summed E-state index contributed by atoms with van der Waals surface area (Å²) in [6.07, 6.45) is 1.94. The Morgan fingerprint density at radius 1 is 0.905 bits per heavy atom. The number of rotatable bonds is 14. The lowest BCUT2D eigenvalue weighted by molar-refractivity contribution is -0.141. The maximum atomic E-state index is 13.9. The van der Waals surface area contributed by atoms with Crippen LogP contribution in [0.2, 0.25) is 0 Å². The molecule has 226 valence electrons. The summed E-state index contributed by atoms with van der Waals surface area (Å²) in [5.41, 5.74) is 4.35. The number of hydrogen-bond donors (Lipinski definition) is 1. The van der Waals surface area contributed by atoms with Gasteiger partial charge in [0, 0.05) is 36.9 Å². The molecular formula is C33H42BrN3O4S. The summed E-state index contributed by atoms with van der Waals surface area (Å²) in [7, 11) is -3.57. The summed E-state index contributed by atoms with van der Waals surface area (Å²) in [5, 5.41) is 3.03. The van der Waals surface area contributed by atoms with Crippen molar-refractivity contribution in [3.05, 3.63) is 99.5 Å². The molecule has 3 aromatic rings. The number of nitrogens with zero attached hydrogens (tertiary/aromatic N) is 2. The minimum absolute atomic E-state index is 0.0908. The van der Waals surface area contributed by atoms with Gasteiger partial charge >= 0.3 is 0 Å². The summed E-state index contributed by atoms with van der Waals surface area (Å²) < 4.78 is 27.7. The summed E-state index contributed by atoms with van der Waals surface area (Å²) >= 11 is 3.51. The molecule has 0 saturated carbocycles. The number of anilines is 1. The number of amides is 2. The van der Waals surface area contributed by atoms with Crippen molar-refractivity contribution in [3.63, 3.8) is 0 Å². The van der Waals surface area contributed by atoms with E-state index in [4.69, 9.17) is 0 Å². The molecule has 3 aromatic carbocycles. The first kappa shape index (κ1) is 33.3. The van der Waals surface area contributed by atoms with Gasteiger partial charge in [-0.3, -0.25) is 13.9 Å². The quantitative estimate of drug-likeness (QED) is 0.230. The van der Waals surface area contributed by atoms with Crippen LogP contribution < -0.4 is 9.62 Å². The number of benzene rings is 3. The number of sulfonamides is 1. The van der Waals surface area contributed by atoms with Gasteiger partial charge in [0.15, 0.2) is 0 Å². The van der Waals surface area contributed by atoms with E-state index in [1.54, 1.807) is 4.90 Å². The normalized spacial score (nSPS) is 12.2. The number of hydrogen-bond acceptors (Lipinski definition) is 4. The zero-order chi connectivity index (χ0) is 30.9. The van der Waals surface area contributed by atoms with Crippen LogP contribution in [-0.4, -0.2) is 50.5 Å². The Morgan fingerprint density at radius 3 is 2.14 bits per heavy atom. The smallest absolute Gasteiger partial charge is 0.243 e. The van der Waals surface area contributed by atoms with Crippen molar-refractivity contribution in [3.8, 4) is 0 Å². The van der Waals surface area contributed by atoms with Gasteiger partial charge in [0.05, 0.1) is 11.9 Å². The predicted octanol–water partition coefficient (Wildman–Crippen LogP) is 6.02. The predicted molar refractivity (Wildman–Crippen MR) is 174 cm³/mol. The van der Waals surface area contributed by atoms with Crippen LogP contribution in [-0.2, 0) is 32.6 Å². The number of halogens is 1. The van der Waals surface area contributed by atoms with E-state index in [0.717, 1.165) is 26.7 Å². The molecule has 0 aromatic heterocycles. The lowest BCUT2D eigenvalue weighted by atomic mass is 10.0. The highest BCUT2D eigenvalue weighted by molar-refractivity contribution is 9.10. The average molecular weight is 657 g/mol. The molecule has 0 bridgehead atoms. The van der Waals surface area contributed by atoms with Crippen LogP contribution in [0.3, 0.4) is 0 Å². The molecule has 0 saturated heterocycles. The third kappa shape index (κ3) is 10.3.